The summed E-state index contributed by atoms with van der Waals surface area (Å²) in [7, 11) is -0.214. The van der Waals surface area contributed by atoms with Crippen molar-refractivity contribution in [2.24, 2.45) is 0 Å². The highest BCUT2D eigenvalue weighted by Gasteiger charge is 2.23. The van der Waals surface area contributed by atoms with Crippen LogP contribution >= 0.6 is 22.2 Å². The fourth-order valence-corrected chi connectivity index (χ4v) is 5.80. The number of thiol groups is 1. The summed E-state index contributed by atoms with van der Waals surface area (Å²) in [4.78, 5) is 6.17. The van der Waals surface area contributed by atoms with Gasteiger partial charge in [0.05, 0.1) is 18.2 Å². The standard InChI is InChI=1S/C14H13NO2S2/c1-3-11(16-6-1)14-15-10-9-19(8-5-12(10)18-14)13-4-2-7-17-13/h1-4,6-7,19H,5,8-9H2. The fourth-order valence-electron chi connectivity index (χ4n) is 2.34. The molecule has 3 aromatic rings. The summed E-state index contributed by atoms with van der Waals surface area (Å²) in [6.45, 7) is 0. The SMILES string of the molecule is c1coc(-c2nc3c(s2)CC[SH](c2ccco2)C3)c1. The molecule has 3 aromatic heterocycles. The van der Waals surface area contributed by atoms with Gasteiger partial charge in [-0.15, -0.1) is 11.3 Å². The number of hydrogen-bond acceptors (Lipinski definition) is 4. The van der Waals surface area contributed by atoms with E-state index in [1.54, 1.807) is 23.9 Å². The van der Waals surface area contributed by atoms with E-state index >= 15 is 0 Å². The van der Waals surface area contributed by atoms with Crippen molar-refractivity contribution in [3.63, 3.8) is 0 Å². The molecule has 0 fully saturated rings. The van der Waals surface area contributed by atoms with Crippen molar-refractivity contribution < 1.29 is 8.83 Å². The lowest BCUT2D eigenvalue weighted by Crippen LogP contribution is -2.05. The molecule has 1 atom stereocenters. The van der Waals surface area contributed by atoms with E-state index < -0.39 is 0 Å². The average molecular weight is 291 g/mol. The maximum absolute atomic E-state index is 5.55. The Morgan fingerprint density at radius 2 is 2.05 bits per heavy atom. The van der Waals surface area contributed by atoms with Crippen LogP contribution in [0.5, 0.6) is 0 Å². The Balaban J connectivity index is 1.65. The minimum atomic E-state index is -0.214. The van der Waals surface area contributed by atoms with Crippen LogP contribution in [0.2, 0.25) is 0 Å². The molecular weight excluding hydrogens is 278 g/mol. The molecule has 0 saturated heterocycles. The number of nitrogens with zero attached hydrogens (tertiary/aromatic N) is 1. The molecule has 4 rings (SSSR count). The Labute approximate surface area is 117 Å². The molecule has 1 aliphatic rings. The van der Waals surface area contributed by atoms with Crippen LogP contribution in [0.1, 0.15) is 10.6 Å². The van der Waals surface area contributed by atoms with Crippen molar-refractivity contribution >= 4 is 22.2 Å². The minimum absolute atomic E-state index is 0.214. The second kappa shape index (κ2) is 4.58. The van der Waals surface area contributed by atoms with Gasteiger partial charge in [-0.3, -0.25) is 0 Å². The van der Waals surface area contributed by atoms with E-state index in [4.69, 9.17) is 13.8 Å². The topological polar surface area (TPSA) is 39.2 Å². The van der Waals surface area contributed by atoms with Gasteiger partial charge in [0, 0.05) is 10.6 Å². The van der Waals surface area contributed by atoms with Crippen molar-refractivity contribution in [3.8, 4) is 10.8 Å². The van der Waals surface area contributed by atoms with E-state index in [1.165, 1.54) is 16.3 Å². The number of rotatable bonds is 2. The molecule has 19 heavy (non-hydrogen) atoms. The van der Waals surface area contributed by atoms with E-state index in [9.17, 15) is 0 Å². The Kier molecular flexibility index (Phi) is 2.74. The van der Waals surface area contributed by atoms with E-state index in [-0.39, 0.29) is 10.9 Å². The molecule has 0 spiro atoms. The molecule has 4 heterocycles. The van der Waals surface area contributed by atoms with Crippen LogP contribution < -0.4 is 0 Å². The third-order valence-corrected chi connectivity index (χ3v) is 6.77. The highest BCUT2D eigenvalue weighted by Crippen LogP contribution is 2.46. The Hall–Kier alpha value is -1.46. The maximum atomic E-state index is 5.55. The molecule has 1 aliphatic heterocycles. The van der Waals surface area contributed by atoms with Crippen LogP contribution in [-0.2, 0) is 12.2 Å². The molecule has 98 valence electrons. The van der Waals surface area contributed by atoms with Crippen molar-refractivity contribution in [1.29, 1.82) is 0 Å². The third-order valence-electron chi connectivity index (χ3n) is 3.28. The van der Waals surface area contributed by atoms with Gasteiger partial charge in [-0.1, -0.05) is 0 Å². The summed E-state index contributed by atoms with van der Waals surface area (Å²) < 4.78 is 11.0. The number of hydrogen-bond donors (Lipinski definition) is 1. The zero-order valence-corrected chi connectivity index (χ0v) is 11.9. The van der Waals surface area contributed by atoms with Crippen molar-refractivity contribution in [1.82, 2.24) is 4.98 Å². The van der Waals surface area contributed by atoms with Crippen molar-refractivity contribution in [2.45, 2.75) is 17.3 Å². The molecule has 3 nitrogen and oxygen atoms in total. The maximum Gasteiger partial charge on any atom is 0.162 e. The molecule has 5 heteroatoms. The van der Waals surface area contributed by atoms with Crippen LogP contribution in [0.25, 0.3) is 10.8 Å². The molecule has 0 saturated carbocycles. The predicted molar refractivity (Wildman–Crippen MR) is 78.1 cm³/mol. The lowest BCUT2D eigenvalue weighted by Gasteiger charge is -2.22. The van der Waals surface area contributed by atoms with Crippen LogP contribution in [0.3, 0.4) is 0 Å². The van der Waals surface area contributed by atoms with E-state index in [0.29, 0.717) is 0 Å². The summed E-state index contributed by atoms with van der Waals surface area (Å²) in [5, 5.41) is 2.15. The fraction of sp³-hybridized carbons (Fsp3) is 0.214. The molecule has 0 bridgehead atoms. The summed E-state index contributed by atoms with van der Waals surface area (Å²) in [6.07, 6.45) is 4.58. The number of aromatic nitrogens is 1. The molecular formula is C14H13NO2S2. The van der Waals surface area contributed by atoms with Gasteiger partial charge in [0.15, 0.2) is 10.8 Å². The Bertz CT molecular complexity index is 670. The first-order valence-electron chi connectivity index (χ1n) is 6.21. The summed E-state index contributed by atoms with van der Waals surface area (Å²) in [6, 6.07) is 7.95. The average Bonchev–Trinajstić information content (AvgIpc) is 3.18. The monoisotopic (exact) mass is 291 g/mol. The lowest BCUT2D eigenvalue weighted by molar-refractivity contribution is 0.472. The van der Waals surface area contributed by atoms with Gasteiger partial charge in [0.25, 0.3) is 0 Å². The first kappa shape index (κ1) is 11.4. The highest BCUT2D eigenvalue weighted by molar-refractivity contribution is 8.16. The van der Waals surface area contributed by atoms with Crippen LogP contribution in [-0.4, -0.2) is 10.7 Å². The second-order valence-electron chi connectivity index (χ2n) is 4.49. The van der Waals surface area contributed by atoms with Crippen molar-refractivity contribution in [2.75, 3.05) is 5.75 Å². The summed E-state index contributed by atoms with van der Waals surface area (Å²) in [5.74, 6) is 3.12. The van der Waals surface area contributed by atoms with Gasteiger partial charge in [0.2, 0.25) is 0 Å². The Morgan fingerprint density at radius 3 is 2.84 bits per heavy atom. The molecule has 0 aromatic carbocycles. The largest absolute Gasteiger partial charge is 0.462 e. The lowest BCUT2D eigenvalue weighted by atomic mass is 10.3. The first-order valence-corrected chi connectivity index (χ1v) is 8.74. The third kappa shape index (κ3) is 2.03. The highest BCUT2D eigenvalue weighted by atomic mass is 32.2. The van der Waals surface area contributed by atoms with Crippen LogP contribution in [0.4, 0.5) is 0 Å². The van der Waals surface area contributed by atoms with Gasteiger partial charge in [-0.05, 0) is 36.4 Å². The number of furan rings is 2. The van der Waals surface area contributed by atoms with Gasteiger partial charge in [-0.2, -0.15) is 10.9 Å². The van der Waals surface area contributed by atoms with Crippen LogP contribution in [0, 0.1) is 0 Å². The molecule has 0 aliphatic carbocycles. The van der Waals surface area contributed by atoms with E-state index in [0.717, 1.165) is 28.0 Å². The Morgan fingerprint density at radius 1 is 1.16 bits per heavy atom. The quantitative estimate of drug-likeness (QED) is 0.722. The van der Waals surface area contributed by atoms with E-state index in [1.807, 2.05) is 18.2 Å². The summed E-state index contributed by atoms with van der Waals surface area (Å²) in [5.41, 5.74) is 1.24. The molecule has 1 unspecified atom stereocenters. The van der Waals surface area contributed by atoms with Gasteiger partial charge in [0.1, 0.15) is 5.09 Å². The first-order chi connectivity index (χ1) is 9.40. The number of thiazole rings is 1. The number of aryl methyl sites for hydroxylation is 1. The van der Waals surface area contributed by atoms with Crippen molar-refractivity contribution in [3.05, 3.63) is 47.4 Å². The van der Waals surface area contributed by atoms with Gasteiger partial charge in [-0.25, -0.2) is 4.98 Å². The van der Waals surface area contributed by atoms with Gasteiger partial charge >= 0.3 is 0 Å². The molecule has 0 N–H and O–H groups in total. The van der Waals surface area contributed by atoms with E-state index in [2.05, 4.69) is 6.07 Å². The minimum Gasteiger partial charge on any atom is -0.462 e. The zero-order chi connectivity index (χ0) is 12.7. The zero-order valence-electron chi connectivity index (χ0n) is 10.2. The second-order valence-corrected chi connectivity index (χ2v) is 7.86. The van der Waals surface area contributed by atoms with Gasteiger partial charge < -0.3 is 8.83 Å². The molecule has 0 radical (unpaired) electrons. The summed E-state index contributed by atoms with van der Waals surface area (Å²) >= 11 is 1.77. The normalized spacial score (nSPS) is 20.3. The molecule has 0 amide bonds. The number of fused-ring (bicyclic) bond motifs is 1. The predicted octanol–water partition coefficient (Wildman–Crippen LogP) is 4.11. The van der Waals surface area contributed by atoms with Crippen LogP contribution in [0.15, 0.2) is 50.7 Å². The smallest absolute Gasteiger partial charge is 0.162 e.